The molecule has 1 unspecified atom stereocenters. The van der Waals surface area contributed by atoms with E-state index in [0.29, 0.717) is 0 Å². The van der Waals surface area contributed by atoms with Crippen LogP contribution in [0.3, 0.4) is 0 Å². The van der Waals surface area contributed by atoms with Crippen LogP contribution in [0.5, 0.6) is 0 Å². The first kappa shape index (κ1) is 14.3. The van der Waals surface area contributed by atoms with Gasteiger partial charge in [0.25, 0.3) is 0 Å². The summed E-state index contributed by atoms with van der Waals surface area (Å²) in [6, 6.07) is -0.326. The molecule has 0 aromatic heterocycles. The van der Waals surface area contributed by atoms with Crippen molar-refractivity contribution in [2.24, 2.45) is 5.92 Å². The van der Waals surface area contributed by atoms with E-state index in [0.717, 1.165) is 12.3 Å². The molecule has 102 valence electrons. The Bertz CT molecular complexity index is 328. The lowest BCUT2D eigenvalue weighted by Crippen LogP contribution is -2.45. The number of nitrogens with one attached hydrogen (secondary N) is 3. The monoisotopic (exact) mass is 257 g/mol. The fraction of sp³-hybridized carbons (Fsp3) is 0.727. The van der Waals surface area contributed by atoms with Crippen LogP contribution in [0.15, 0.2) is 0 Å². The maximum absolute atomic E-state index is 11.4. The topological polar surface area (TPSA) is 108 Å². The normalized spacial score (nSPS) is 15.6. The predicted octanol–water partition coefficient (Wildman–Crippen LogP) is -0.325. The van der Waals surface area contributed by atoms with Crippen LogP contribution in [0.1, 0.15) is 26.2 Å². The van der Waals surface area contributed by atoms with E-state index in [9.17, 15) is 14.4 Å². The number of carbonyl (C=O) groups is 3. The second-order valence-corrected chi connectivity index (χ2v) is 4.58. The first-order valence-electron chi connectivity index (χ1n) is 6.00. The molecule has 4 N–H and O–H groups in total. The molecule has 0 aromatic rings. The largest absolute Gasteiger partial charge is 0.480 e. The van der Waals surface area contributed by atoms with Crippen molar-refractivity contribution in [2.45, 2.75) is 32.2 Å². The van der Waals surface area contributed by atoms with Gasteiger partial charge in [0.05, 0.1) is 6.54 Å². The molecule has 18 heavy (non-hydrogen) atoms. The van der Waals surface area contributed by atoms with E-state index >= 15 is 0 Å². The van der Waals surface area contributed by atoms with E-state index < -0.39 is 24.5 Å². The number of urea groups is 1. The van der Waals surface area contributed by atoms with Crippen molar-refractivity contribution >= 4 is 17.9 Å². The van der Waals surface area contributed by atoms with Gasteiger partial charge < -0.3 is 21.1 Å². The Hall–Kier alpha value is -1.79. The molecule has 0 aromatic carbocycles. The average Bonchev–Trinajstić information content (AvgIpc) is 3.07. The van der Waals surface area contributed by atoms with Gasteiger partial charge in [0.1, 0.15) is 6.54 Å². The Kier molecular flexibility index (Phi) is 5.41. The van der Waals surface area contributed by atoms with E-state index in [2.05, 4.69) is 16.0 Å². The summed E-state index contributed by atoms with van der Waals surface area (Å²) in [4.78, 5) is 32.7. The summed E-state index contributed by atoms with van der Waals surface area (Å²) in [5.74, 6) is -0.924. The molecule has 1 rings (SSSR count). The molecule has 1 aliphatic carbocycles. The molecule has 1 aliphatic rings. The summed E-state index contributed by atoms with van der Waals surface area (Å²) < 4.78 is 0. The minimum Gasteiger partial charge on any atom is -0.480 e. The second-order valence-electron chi connectivity index (χ2n) is 4.58. The summed E-state index contributed by atoms with van der Waals surface area (Å²) in [5, 5.41) is 15.6. The van der Waals surface area contributed by atoms with Gasteiger partial charge in [-0.15, -0.1) is 0 Å². The number of aliphatic carboxylic acids is 1. The molecule has 0 saturated heterocycles. The zero-order valence-corrected chi connectivity index (χ0v) is 10.4. The third kappa shape index (κ3) is 6.72. The Morgan fingerprint density at radius 3 is 2.44 bits per heavy atom. The smallest absolute Gasteiger partial charge is 0.322 e. The van der Waals surface area contributed by atoms with E-state index in [-0.39, 0.29) is 12.6 Å². The first-order valence-corrected chi connectivity index (χ1v) is 6.00. The van der Waals surface area contributed by atoms with Gasteiger partial charge in [-0.1, -0.05) is 12.8 Å². The zero-order valence-electron chi connectivity index (χ0n) is 10.4. The Morgan fingerprint density at radius 1 is 1.22 bits per heavy atom. The lowest BCUT2D eigenvalue weighted by molar-refractivity contribution is -0.137. The number of carboxylic acids is 1. The van der Waals surface area contributed by atoms with Crippen molar-refractivity contribution in [2.75, 3.05) is 13.1 Å². The molecule has 3 amide bonds. The van der Waals surface area contributed by atoms with Crippen LogP contribution in [0.4, 0.5) is 4.79 Å². The highest BCUT2D eigenvalue weighted by molar-refractivity contribution is 5.86. The third-order valence-corrected chi connectivity index (χ3v) is 2.61. The van der Waals surface area contributed by atoms with Crippen LogP contribution >= 0.6 is 0 Å². The molecule has 0 spiro atoms. The molecular formula is C11H19N3O4. The SMILES string of the molecule is CC(CC1CC1)NC(=O)NCC(=O)NCC(=O)O. The minimum atomic E-state index is -1.12. The van der Waals surface area contributed by atoms with Gasteiger partial charge in [0, 0.05) is 6.04 Å². The molecule has 1 fully saturated rings. The van der Waals surface area contributed by atoms with Gasteiger partial charge in [-0.25, -0.2) is 4.79 Å². The standard InChI is InChI=1S/C11H19N3O4/c1-7(4-8-2-3-8)14-11(18)13-5-9(15)12-6-10(16)17/h7-8H,2-6H2,1H3,(H,12,15)(H,16,17)(H2,13,14,18). The molecule has 0 bridgehead atoms. The number of hydrogen-bond donors (Lipinski definition) is 4. The number of carboxylic acid groups (broad SMARTS) is 1. The second kappa shape index (κ2) is 6.83. The van der Waals surface area contributed by atoms with Crippen molar-refractivity contribution in [1.82, 2.24) is 16.0 Å². The van der Waals surface area contributed by atoms with E-state index in [4.69, 9.17) is 5.11 Å². The highest BCUT2D eigenvalue weighted by Gasteiger charge is 2.24. The predicted molar refractivity (Wildman–Crippen MR) is 64.0 cm³/mol. The molecule has 0 radical (unpaired) electrons. The van der Waals surface area contributed by atoms with Crippen LogP contribution < -0.4 is 16.0 Å². The lowest BCUT2D eigenvalue weighted by atomic mass is 10.2. The van der Waals surface area contributed by atoms with Crippen molar-refractivity contribution in [3.63, 3.8) is 0 Å². The van der Waals surface area contributed by atoms with Crippen LogP contribution in [-0.4, -0.2) is 42.1 Å². The Morgan fingerprint density at radius 2 is 1.89 bits per heavy atom. The number of rotatable bonds is 7. The first-order chi connectivity index (χ1) is 8.47. The summed E-state index contributed by atoms with van der Waals surface area (Å²) in [7, 11) is 0. The molecule has 7 heteroatoms. The van der Waals surface area contributed by atoms with Crippen molar-refractivity contribution in [1.29, 1.82) is 0 Å². The van der Waals surface area contributed by atoms with Gasteiger partial charge in [-0.3, -0.25) is 9.59 Å². The minimum absolute atomic E-state index is 0.0829. The van der Waals surface area contributed by atoms with Gasteiger partial charge >= 0.3 is 12.0 Å². The van der Waals surface area contributed by atoms with Crippen LogP contribution in [0, 0.1) is 5.92 Å². The fourth-order valence-corrected chi connectivity index (χ4v) is 1.58. The van der Waals surface area contributed by atoms with Gasteiger partial charge in [0.2, 0.25) is 5.91 Å². The van der Waals surface area contributed by atoms with Gasteiger partial charge in [-0.05, 0) is 19.3 Å². The Balaban J connectivity index is 2.07. The molecule has 1 atom stereocenters. The van der Waals surface area contributed by atoms with Crippen LogP contribution in [0.2, 0.25) is 0 Å². The maximum Gasteiger partial charge on any atom is 0.322 e. The van der Waals surface area contributed by atoms with Crippen molar-refractivity contribution < 1.29 is 19.5 Å². The number of amides is 3. The quantitative estimate of drug-likeness (QED) is 0.501. The molecule has 1 saturated carbocycles. The van der Waals surface area contributed by atoms with Gasteiger partial charge in [0.15, 0.2) is 0 Å². The van der Waals surface area contributed by atoms with Crippen molar-refractivity contribution in [3.05, 3.63) is 0 Å². The fourth-order valence-electron chi connectivity index (χ4n) is 1.58. The van der Waals surface area contributed by atoms with Crippen LogP contribution in [-0.2, 0) is 9.59 Å². The molecule has 7 nitrogen and oxygen atoms in total. The highest BCUT2D eigenvalue weighted by Crippen LogP contribution is 2.33. The van der Waals surface area contributed by atoms with Gasteiger partial charge in [-0.2, -0.15) is 0 Å². The maximum atomic E-state index is 11.4. The number of carbonyl (C=O) groups excluding carboxylic acids is 2. The van der Waals surface area contributed by atoms with E-state index in [1.54, 1.807) is 0 Å². The van der Waals surface area contributed by atoms with E-state index in [1.165, 1.54) is 12.8 Å². The summed E-state index contributed by atoms with van der Waals surface area (Å²) in [6.07, 6.45) is 3.41. The summed E-state index contributed by atoms with van der Waals surface area (Å²) in [5.41, 5.74) is 0. The van der Waals surface area contributed by atoms with E-state index in [1.807, 2.05) is 6.92 Å². The number of hydrogen-bond acceptors (Lipinski definition) is 3. The molecule has 0 aliphatic heterocycles. The average molecular weight is 257 g/mol. The van der Waals surface area contributed by atoms with Crippen molar-refractivity contribution in [3.8, 4) is 0 Å². The molecular weight excluding hydrogens is 238 g/mol. The summed E-state index contributed by atoms with van der Waals surface area (Å²) in [6.45, 7) is 1.25. The third-order valence-electron chi connectivity index (χ3n) is 2.61. The highest BCUT2D eigenvalue weighted by atomic mass is 16.4. The zero-order chi connectivity index (χ0) is 13.5. The lowest BCUT2D eigenvalue weighted by Gasteiger charge is -2.13. The van der Waals surface area contributed by atoms with Crippen LogP contribution in [0.25, 0.3) is 0 Å². The molecule has 0 heterocycles. The summed E-state index contributed by atoms with van der Waals surface area (Å²) >= 11 is 0. The Labute approximate surface area is 105 Å².